The molecule has 6 nitrogen and oxygen atoms in total. The smallest absolute Gasteiger partial charge is 0.248 e. The average molecular weight is 291 g/mol. The van der Waals surface area contributed by atoms with Crippen LogP contribution in [0.15, 0.2) is 34.4 Å². The summed E-state index contributed by atoms with van der Waals surface area (Å²) in [5.74, 6) is 0.158. The van der Waals surface area contributed by atoms with Crippen molar-refractivity contribution >= 4 is 29.0 Å². The van der Waals surface area contributed by atoms with Crippen molar-refractivity contribution in [2.45, 2.75) is 25.4 Å². The van der Waals surface area contributed by atoms with Crippen molar-refractivity contribution in [3.8, 4) is 0 Å². The van der Waals surface area contributed by atoms with E-state index in [1.807, 2.05) is 17.5 Å². The molecule has 1 N–H and O–H groups in total. The lowest BCUT2D eigenvalue weighted by molar-refractivity contribution is -0.133. The SMILES string of the molecule is O=C(Nc1ccon1)[C@@H]1CCC(=O)N1Cc1cccs1. The van der Waals surface area contributed by atoms with Crippen LogP contribution in [0, 0.1) is 0 Å². The maximum absolute atomic E-state index is 12.2. The predicted octanol–water partition coefficient (Wildman–Crippen LogP) is 1.87. The van der Waals surface area contributed by atoms with Crippen LogP contribution in [0.2, 0.25) is 0 Å². The number of nitrogens with one attached hydrogen (secondary N) is 1. The lowest BCUT2D eigenvalue weighted by atomic mass is 10.2. The van der Waals surface area contributed by atoms with E-state index in [4.69, 9.17) is 0 Å². The van der Waals surface area contributed by atoms with Gasteiger partial charge in [0.05, 0.1) is 6.54 Å². The highest BCUT2D eigenvalue weighted by Gasteiger charge is 2.36. The summed E-state index contributed by atoms with van der Waals surface area (Å²) in [6.45, 7) is 0.480. The lowest BCUT2D eigenvalue weighted by Crippen LogP contribution is -2.41. The van der Waals surface area contributed by atoms with E-state index in [1.54, 1.807) is 22.3 Å². The van der Waals surface area contributed by atoms with Gasteiger partial charge in [-0.3, -0.25) is 9.59 Å². The van der Waals surface area contributed by atoms with Gasteiger partial charge in [0, 0.05) is 17.4 Å². The molecule has 3 rings (SSSR count). The Hall–Kier alpha value is -2.15. The molecule has 1 aliphatic heterocycles. The van der Waals surface area contributed by atoms with Gasteiger partial charge in [-0.15, -0.1) is 11.3 Å². The number of hydrogen-bond acceptors (Lipinski definition) is 5. The molecule has 0 bridgehead atoms. The Morgan fingerprint density at radius 2 is 2.45 bits per heavy atom. The predicted molar refractivity (Wildman–Crippen MR) is 73.0 cm³/mol. The van der Waals surface area contributed by atoms with E-state index in [0.717, 1.165) is 4.88 Å². The van der Waals surface area contributed by atoms with Crippen LogP contribution in [0.25, 0.3) is 0 Å². The Bertz CT molecular complexity index is 594. The minimum Gasteiger partial charge on any atom is -0.363 e. The zero-order chi connectivity index (χ0) is 13.9. The Labute approximate surface area is 119 Å². The first-order valence-electron chi connectivity index (χ1n) is 6.27. The van der Waals surface area contributed by atoms with E-state index < -0.39 is 6.04 Å². The number of carbonyl (C=O) groups excluding carboxylic acids is 2. The molecule has 20 heavy (non-hydrogen) atoms. The Morgan fingerprint density at radius 3 is 3.15 bits per heavy atom. The normalized spacial score (nSPS) is 18.5. The van der Waals surface area contributed by atoms with Crippen LogP contribution in [-0.2, 0) is 16.1 Å². The molecule has 0 aromatic carbocycles. The van der Waals surface area contributed by atoms with Crippen molar-refractivity contribution in [3.05, 3.63) is 34.7 Å². The fourth-order valence-corrected chi connectivity index (χ4v) is 2.96. The first-order valence-corrected chi connectivity index (χ1v) is 7.15. The molecule has 1 aliphatic rings. The van der Waals surface area contributed by atoms with Crippen LogP contribution < -0.4 is 5.32 Å². The zero-order valence-corrected chi connectivity index (χ0v) is 11.4. The summed E-state index contributed by atoms with van der Waals surface area (Å²) in [7, 11) is 0. The number of carbonyl (C=O) groups is 2. The summed E-state index contributed by atoms with van der Waals surface area (Å²) in [5, 5.41) is 8.26. The molecule has 0 aliphatic carbocycles. The van der Waals surface area contributed by atoms with Crippen molar-refractivity contribution in [2.75, 3.05) is 5.32 Å². The van der Waals surface area contributed by atoms with Crippen molar-refractivity contribution in [1.29, 1.82) is 0 Å². The number of aromatic nitrogens is 1. The standard InChI is InChI=1S/C13H13N3O3S/c17-12-4-3-10(13(18)14-11-5-6-19-15-11)16(12)8-9-2-1-7-20-9/h1-2,5-7,10H,3-4,8H2,(H,14,15,18)/t10-/m0/s1. The fourth-order valence-electron chi connectivity index (χ4n) is 2.26. The van der Waals surface area contributed by atoms with Crippen molar-refractivity contribution in [1.82, 2.24) is 10.1 Å². The van der Waals surface area contributed by atoms with Gasteiger partial charge in [0.15, 0.2) is 5.82 Å². The average Bonchev–Trinajstić information content (AvgIpc) is 3.14. The number of nitrogens with zero attached hydrogens (tertiary/aromatic N) is 2. The molecule has 104 valence electrons. The topological polar surface area (TPSA) is 75.4 Å². The molecule has 0 spiro atoms. The fraction of sp³-hybridized carbons (Fsp3) is 0.308. The van der Waals surface area contributed by atoms with Gasteiger partial charge in [-0.2, -0.15) is 0 Å². The highest BCUT2D eigenvalue weighted by atomic mass is 32.1. The van der Waals surface area contributed by atoms with Crippen LogP contribution in [-0.4, -0.2) is 27.9 Å². The molecule has 1 saturated heterocycles. The Kier molecular flexibility index (Phi) is 3.51. The van der Waals surface area contributed by atoms with E-state index >= 15 is 0 Å². The maximum atomic E-state index is 12.2. The summed E-state index contributed by atoms with van der Waals surface area (Å²) < 4.78 is 4.67. The van der Waals surface area contributed by atoms with E-state index in [-0.39, 0.29) is 11.8 Å². The molecule has 1 atom stereocenters. The van der Waals surface area contributed by atoms with Crippen LogP contribution in [0.3, 0.4) is 0 Å². The Balaban J connectivity index is 1.70. The number of anilines is 1. The van der Waals surface area contributed by atoms with Crippen molar-refractivity contribution < 1.29 is 14.1 Å². The van der Waals surface area contributed by atoms with Crippen LogP contribution in [0.5, 0.6) is 0 Å². The monoisotopic (exact) mass is 291 g/mol. The largest absolute Gasteiger partial charge is 0.363 e. The molecule has 0 saturated carbocycles. The lowest BCUT2D eigenvalue weighted by Gasteiger charge is -2.23. The van der Waals surface area contributed by atoms with E-state index in [9.17, 15) is 9.59 Å². The minimum atomic E-state index is -0.443. The number of likely N-dealkylation sites (tertiary alicyclic amines) is 1. The maximum Gasteiger partial charge on any atom is 0.248 e. The van der Waals surface area contributed by atoms with Crippen LogP contribution >= 0.6 is 11.3 Å². The van der Waals surface area contributed by atoms with Gasteiger partial charge in [-0.1, -0.05) is 11.2 Å². The molecule has 3 heterocycles. The van der Waals surface area contributed by atoms with Gasteiger partial charge in [0.25, 0.3) is 0 Å². The number of hydrogen-bond donors (Lipinski definition) is 1. The molecule has 0 radical (unpaired) electrons. The first kappa shape index (κ1) is 12.9. The summed E-state index contributed by atoms with van der Waals surface area (Å²) in [4.78, 5) is 26.8. The molecular weight excluding hydrogens is 278 g/mol. The van der Waals surface area contributed by atoms with Crippen LogP contribution in [0.4, 0.5) is 5.82 Å². The molecular formula is C13H13N3O3S. The summed E-state index contributed by atoms with van der Waals surface area (Å²) in [5.41, 5.74) is 0. The second kappa shape index (κ2) is 5.46. The summed E-state index contributed by atoms with van der Waals surface area (Å²) in [6.07, 6.45) is 2.33. The van der Waals surface area contributed by atoms with E-state index in [0.29, 0.717) is 25.2 Å². The first-order chi connectivity index (χ1) is 9.74. The van der Waals surface area contributed by atoms with Gasteiger partial charge >= 0.3 is 0 Å². The third kappa shape index (κ3) is 2.57. The van der Waals surface area contributed by atoms with Gasteiger partial charge in [-0.25, -0.2) is 0 Å². The number of amides is 2. The highest BCUT2D eigenvalue weighted by Crippen LogP contribution is 2.24. The zero-order valence-electron chi connectivity index (χ0n) is 10.6. The summed E-state index contributed by atoms with van der Waals surface area (Å²) >= 11 is 1.58. The van der Waals surface area contributed by atoms with Gasteiger partial charge in [0.1, 0.15) is 12.3 Å². The van der Waals surface area contributed by atoms with E-state index in [1.165, 1.54) is 6.26 Å². The van der Waals surface area contributed by atoms with Gasteiger partial charge < -0.3 is 14.7 Å². The molecule has 2 aromatic heterocycles. The quantitative estimate of drug-likeness (QED) is 0.933. The Morgan fingerprint density at radius 1 is 1.55 bits per heavy atom. The number of thiophene rings is 1. The molecule has 2 aromatic rings. The van der Waals surface area contributed by atoms with Crippen molar-refractivity contribution in [2.24, 2.45) is 0 Å². The van der Waals surface area contributed by atoms with Gasteiger partial charge in [-0.05, 0) is 17.9 Å². The third-order valence-corrected chi connectivity index (χ3v) is 4.09. The molecule has 0 unspecified atom stereocenters. The van der Waals surface area contributed by atoms with Crippen LogP contribution in [0.1, 0.15) is 17.7 Å². The second-order valence-corrected chi connectivity index (χ2v) is 5.56. The van der Waals surface area contributed by atoms with E-state index in [2.05, 4.69) is 15.0 Å². The van der Waals surface area contributed by atoms with Crippen molar-refractivity contribution in [3.63, 3.8) is 0 Å². The molecule has 7 heteroatoms. The van der Waals surface area contributed by atoms with Gasteiger partial charge in [0.2, 0.25) is 11.8 Å². The minimum absolute atomic E-state index is 0.0127. The summed E-state index contributed by atoms with van der Waals surface area (Å²) in [6, 6.07) is 5.02. The molecule has 2 amide bonds. The second-order valence-electron chi connectivity index (χ2n) is 4.53. The highest BCUT2D eigenvalue weighted by molar-refractivity contribution is 7.09. The number of rotatable bonds is 4. The molecule has 1 fully saturated rings. The third-order valence-electron chi connectivity index (χ3n) is 3.23.